The number of rotatable bonds is 3. The average Bonchev–Trinajstić information content (AvgIpc) is 2.92. The molecular formula is C23H30N4O4. The molecule has 4 amide bonds. The summed E-state index contributed by atoms with van der Waals surface area (Å²) in [6.07, 6.45) is 3.11. The molecule has 4 aliphatic rings. The molecule has 2 atom stereocenters. The number of carbonyl (C=O) groups is 3. The first-order valence-electron chi connectivity index (χ1n) is 11.3. The van der Waals surface area contributed by atoms with E-state index in [4.69, 9.17) is 4.74 Å². The number of fused-ring (bicyclic) bond motifs is 3. The maximum Gasteiger partial charge on any atom is 0.322 e. The molecule has 1 aliphatic carbocycles. The molecule has 5 rings (SSSR count). The number of nitrogens with zero attached hydrogens (tertiary/aromatic N) is 3. The summed E-state index contributed by atoms with van der Waals surface area (Å²) in [7, 11) is 0. The lowest BCUT2D eigenvalue weighted by Gasteiger charge is -2.35. The maximum atomic E-state index is 13.6. The lowest BCUT2D eigenvalue weighted by molar-refractivity contribution is -0.140. The van der Waals surface area contributed by atoms with E-state index in [1.165, 1.54) is 0 Å². The topological polar surface area (TPSA) is 82.2 Å². The van der Waals surface area contributed by atoms with Crippen molar-refractivity contribution in [3.8, 4) is 0 Å². The molecule has 0 radical (unpaired) electrons. The van der Waals surface area contributed by atoms with Crippen molar-refractivity contribution >= 4 is 23.5 Å². The summed E-state index contributed by atoms with van der Waals surface area (Å²) in [4.78, 5) is 44.2. The normalized spacial score (nSPS) is 26.4. The van der Waals surface area contributed by atoms with Crippen molar-refractivity contribution in [2.45, 2.75) is 32.2 Å². The van der Waals surface area contributed by atoms with Crippen LogP contribution in [0, 0.1) is 18.8 Å². The largest absolute Gasteiger partial charge is 0.379 e. The van der Waals surface area contributed by atoms with Gasteiger partial charge in [-0.15, -0.1) is 0 Å². The summed E-state index contributed by atoms with van der Waals surface area (Å²) >= 11 is 0. The second kappa shape index (κ2) is 8.15. The molecule has 3 saturated heterocycles. The van der Waals surface area contributed by atoms with Gasteiger partial charge >= 0.3 is 6.03 Å². The molecule has 0 unspecified atom stereocenters. The zero-order valence-corrected chi connectivity index (χ0v) is 18.0. The third-order valence-corrected chi connectivity index (χ3v) is 7.10. The van der Waals surface area contributed by atoms with Crippen molar-refractivity contribution in [1.82, 2.24) is 15.1 Å². The lowest BCUT2D eigenvalue weighted by atomic mass is 9.84. The van der Waals surface area contributed by atoms with E-state index < -0.39 is 0 Å². The SMILES string of the molecule is Cc1ccc(C(=O)N2C[C@H]3COC[C@@H]2CN(C(=O)C2CCC2)C3)cc1N1CCNC1=O. The molecule has 1 aromatic rings. The highest BCUT2D eigenvalue weighted by Gasteiger charge is 2.40. The molecule has 3 aliphatic heterocycles. The quantitative estimate of drug-likeness (QED) is 0.797. The van der Waals surface area contributed by atoms with Gasteiger partial charge in [0.25, 0.3) is 5.91 Å². The van der Waals surface area contributed by atoms with E-state index in [2.05, 4.69) is 5.32 Å². The second-order valence-electron chi connectivity index (χ2n) is 9.27. The minimum atomic E-state index is -0.149. The van der Waals surface area contributed by atoms with E-state index in [1.807, 2.05) is 34.9 Å². The van der Waals surface area contributed by atoms with Crippen LogP contribution in [0.15, 0.2) is 18.2 Å². The van der Waals surface area contributed by atoms with Gasteiger partial charge in [0, 0.05) is 55.8 Å². The van der Waals surface area contributed by atoms with Crippen LogP contribution in [-0.2, 0) is 9.53 Å². The number of hydrogen-bond donors (Lipinski definition) is 1. The fourth-order valence-corrected chi connectivity index (χ4v) is 5.09. The minimum Gasteiger partial charge on any atom is -0.379 e. The average molecular weight is 427 g/mol. The van der Waals surface area contributed by atoms with Crippen molar-refractivity contribution in [3.05, 3.63) is 29.3 Å². The number of nitrogens with one attached hydrogen (secondary N) is 1. The first-order chi connectivity index (χ1) is 15.0. The monoisotopic (exact) mass is 426 g/mol. The molecule has 31 heavy (non-hydrogen) atoms. The van der Waals surface area contributed by atoms with Gasteiger partial charge in [-0.2, -0.15) is 0 Å². The number of urea groups is 1. The lowest BCUT2D eigenvalue weighted by Crippen LogP contribution is -2.49. The van der Waals surface area contributed by atoms with Crippen LogP contribution in [0.1, 0.15) is 35.2 Å². The Hall–Kier alpha value is -2.61. The Morgan fingerprint density at radius 2 is 1.97 bits per heavy atom. The van der Waals surface area contributed by atoms with Gasteiger partial charge in [0.15, 0.2) is 0 Å². The molecule has 0 aromatic heterocycles. The Balaban J connectivity index is 1.39. The van der Waals surface area contributed by atoms with Crippen LogP contribution < -0.4 is 10.2 Å². The highest BCUT2D eigenvalue weighted by molar-refractivity contribution is 5.99. The number of benzene rings is 1. The van der Waals surface area contributed by atoms with Gasteiger partial charge in [0.05, 0.1) is 19.3 Å². The standard InChI is InChI=1S/C23H30N4O4/c1-15-5-6-18(9-20(15)26-8-7-24-23(26)30)22(29)27-11-16-10-25(12-19(27)14-31-13-16)21(28)17-3-2-4-17/h5-6,9,16-17,19H,2-4,7-8,10-14H2,1H3,(H,24,30)/t16-,19-/m0/s1. The van der Waals surface area contributed by atoms with Crippen molar-refractivity contribution in [3.63, 3.8) is 0 Å². The van der Waals surface area contributed by atoms with E-state index in [0.29, 0.717) is 51.5 Å². The number of anilines is 1. The van der Waals surface area contributed by atoms with E-state index in [1.54, 1.807) is 4.90 Å². The van der Waals surface area contributed by atoms with Gasteiger partial charge in [0.2, 0.25) is 5.91 Å². The Bertz CT molecular complexity index is 900. The summed E-state index contributed by atoms with van der Waals surface area (Å²) in [6.45, 7) is 5.95. The number of hydrogen-bond acceptors (Lipinski definition) is 4. The molecule has 166 valence electrons. The van der Waals surface area contributed by atoms with Crippen LogP contribution in [0.2, 0.25) is 0 Å². The minimum absolute atomic E-state index is 0.0562. The van der Waals surface area contributed by atoms with Crippen molar-refractivity contribution in [1.29, 1.82) is 0 Å². The van der Waals surface area contributed by atoms with Gasteiger partial charge < -0.3 is 19.9 Å². The van der Waals surface area contributed by atoms with Gasteiger partial charge in [0.1, 0.15) is 0 Å². The number of amides is 4. The maximum absolute atomic E-state index is 13.6. The van der Waals surface area contributed by atoms with Crippen LogP contribution in [0.4, 0.5) is 10.5 Å². The molecule has 4 fully saturated rings. The zero-order chi connectivity index (χ0) is 21.5. The van der Waals surface area contributed by atoms with Crippen LogP contribution in [0.25, 0.3) is 0 Å². The third-order valence-electron chi connectivity index (χ3n) is 7.10. The summed E-state index contributed by atoms with van der Waals surface area (Å²) in [5.74, 6) is 0.472. The predicted octanol–water partition coefficient (Wildman–Crippen LogP) is 1.62. The second-order valence-corrected chi connectivity index (χ2v) is 9.27. The number of carbonyl (C=O) groups excluding carboxylic acids is 3. The highest BCUT2D eigenvalue weighted by atomic mass is 16.5. The molecule has 3 heterocycles. The van der Waals surface area contributed by atoms with Gasteiger partial charge in [-0.25, -0.2) is 4.79 Å². The summed E-state index contributed by atoms with van der Waals surface area (Å²) in [6, 6.07) is 5.29. The Morgan fingerprint density at radius 1 is 1.13 bits per heavy atom. The van der Waals surface area contributed by atoms with E-state index in [0.717, 1.165) is 30.5 Å². The van der Waals surface area contributed by atoms with Crippen LogP contribution in [-0.4, -0.2) is 79.6 Å². The Labute approximate surface area is 182 Å². The summed E-state index contributed by atoms with van der Waals surface area (Å²) in [5.41, 5.74) is 2.31. The first kappa shape index (κ1) is 20.3. The van der Waals surface area contributed by atoms with Gasteiger partial charge in [-0.3, -0.25) is 14.5 Å². The van der Waals surface area contributed by atoms with Crippen LogP contribution in [0.5, 0.6) is 0 Å². The first-order valence-corrected chi connectivity index (χ1v) is 11.3. The predicted molar refractivity (Wildman–Crippen MR) is 115 cm³/mol. The van der Waals surface area contributed by atoms with Crippen molar-refractivity contribution in [2.75, 3.05) is 50.8 Å². The van der Waals surface area contributed by atoms with E-state index >= 15 is 0 Å². The van der Waals surface area contributed by atoms with E-state index in [-0.39, 0.29) is 35.7 Å². The molecule has 0 spiro atoms. The number of ether oxygens (including phenoxy) is 1. The molecule has 1 aromatic carbocycles. The van der Waals surface area contributed by atoms with E-state index in [9.17, 15) is 14.4 Å². The van der Waals surface area contributed by atoms with Crippen LogP contribution >= 0.6 is 0 Å². The van der Waals surface area contributed by atoms with Crippen LogP contribution in [0.3, 0.4) is 0 Å². The zero-order valence-electron chi connectivity index (χ0n) is 18.0. The van der Waals surface area contributed by atoms with Gasteiger partial charge in [-0.05, 0) is 37.5 Å². The van der Waals surface area contributed by atoms with Crippen molar-refractivity contribution in [2.24, 2.45) is 11.8 Å². The molecule has 1 saturated carbocycles. The Morgan fingerprint density at radius 3 is 2.68 bits per heavy atom. The summed E-state index contributed by atoms with van der Waals surface area (Å²) < 4.78 is 5.85. The van der Waals surface area contributed by atoms with Gasteiger partial charge in [-0.1, -0.05) is 12.5 Å². The molecule has 8 nitrogen and oxygen atoms in total. The Kier molecular flexibility index (Phi) is 5.33. The smallest absolute Gasteiger partial charge is 0.322 e. The summed E-state index contributed by atoms with van der Waals surface area (Å²) in [5, 5.41) is 2.82. The fourth-order valence-electron chi connectivity index (χ4n) is 5.09. The number of aryl methyl sites for hydroxylation is 1. The highest BCUT2D eigenvalue weighted by Crippen LogP contribution is 2.31. The molecule has 8 heteroatoms. The van der Waals surface area contributed by atoms with Crippen molar-refractivity contribution < 1.29 is 19.1 Å². The molecular weight excluding hydrogens is 396 g/mol. The third kappa shape index (κ3) is 3.78. The molecule has 1 N–H and O–H groups in total. The molecule has 2 bridgehead atoms. The fraction of sp³-hybridized carbons (Fsp3) is 0.609.